The van der Waals surface area contributed by atoms with Gasteiger partial charge in [0.2, 0.25) is 0 Å². The molecule has 0 aliphatic carbocycles. The zero-order valence-electron chi connectivity index (χ0n) is 9.19. The zero-order chi connectivity index (χ0) is 12.1. The molecule has 1 aromatic rings. The van der Waals surface area contributed by atoms with Crippen molar-refractivity contribution in [1.29, 1.82) is 0 Å². The standard InChI is InChI=1S/C11H14Cl3NS/c1-7(15-5-6-16-2)8-3-4-9(12)11(14)10(8)13/h3-4,7,15H,5-6H2,1-2H3. The third-order valence-electron chi connectivity index (χ3n) is 2.29. The topological polar surface area (TPSA) is 12.0 Å². The van der Waals surface area contributed by atoms with E-state index in [4.69, 9.17) is 34.8 Å². The van der Waals surface area contributed by atoms with Crippen molar-refractivity contribution >= 4 is 46.6 Å². The molecule has 0 heterocycles. The molecule has 1 rings (SSSR count). The highest BCUT2D eigenvalue weighted by Crippen LogP contribution is 2.35. The Morgan fingerprint density at radius 3 is 2.56 bits per heavy atom. The lowest BCUT2D eigenvalue weighted by atomic mass is 10.1. The first-order valence-electron chi connectivity index (χ1n) is 4.93. The number of nitrogens with one attached hydrogen (secondary N) is 1. The largest absolute Gasteiger partial charge is 0.309 e. The smallest absolute Gasteiger partial charge is 0.0781 e. The second-order valence-electron chi connectivity index (χ2n) is 3.43. The zero-order valence-corrected chi connectivity index (χ0v) is 12.3. The summed E-state index contributed by atoms with van der Waals surface area (Å²) in [6.45, 7) is 3.00. The molecule has 0 radical (unpaired) electrons. The van der Waals surface area contributed by atoms with Gasteiger partial charge in [-0.2, -0.15) is 11.8 Å². The van der Waals surface area contributed by atoms with Crippen LogP contribution in [0, 0.1) is 0 Å². The number of halogens is 3. The van der Waals surface area contributed by atoms with Crippen molar-refractivity contribution in [3.05, 3.63) is 32.8 Å². The summed E-state index contributed by atoms with van der Waals surface area (Å²) in [5.74, 6) is 1.07. The summed E-state index contributed by atoms with van der Waals surface area (Å²) < 4.78 is 0. The van der Waals surface area contributed by atoms with Crippen LogP contribution < -0.4 is 5.32 Å². The van der Waals surface area contributed by atoms with Crippen LogP contribution in [0.2, 0.25) is 15.1 Å². The van der Waals surface area contributed by atoms with Gasteiger partial charge in [0.15, 0.2) is 0 Å². The molecule has 0 bridgehead atoms. The Morgan fingerprint density at radius 2 is 1.94 bits per heavy atom. The lowest BCUT2D eigenvalue weighted by Crippen LogP contribution is -2.21. The van der Waals surface area contributed by atoms with Crippen LogP contribution in [0.25, 0.3) is 0 Å². The SMILES string of the molecule is CSCCNC(C)c1ccc(Cl)c(Cl)c1Cl. The van der Waals surface area contributed by atoms with Crippen LogP contribution in [0.1, 0.15) is 18.5 Å². The summed E-state index contributed by atoms with van der Waals surface area (Å²) in [6, 6.07) is 3.86. The van der Waals surface area contributed by atoms with E-state index < -0.39 is 0 Å². The maximum Gasteiger partial charge on any atom is 0.0781 e. The van der Waals surface area contributed by atoms with E-state index in [9.17, 15) is 0 Å². The van der Waals surface area contributed by atoms with Gasteiger partial charge >= 0.3 is 0 Å². The first kappa shape index (κ1) is 14.5. The van der Waals surface area contributed by atoms with Gasteiger partial charge < -0.3 is 5.32 Å². The van der Waals surface area contributed by atoms with Gasteiger partial charge in [-0.1, -0.05) is 40.9 Å². The number of rotatable bonds is 5. The van der Waals surface area contributed by atoms with Crippen LogP contribution in [0.5, 0.6) is 0 Å². The first-order valence-corrected chi connectivity index (χ1v) is 7.46. The molecular weight excluding hydrogens is 285 g/mol. The van der Waals surface area contributed by atoms with Crippen LogP contribution >= 0.6 is 46.6 Å². The Kier molecular flexibility index (Phi) is 6.30. The summed E-state index contributed by atoms with van der Waals surface area (Å²) in [5.41, 5.74) is 0.983. The fourth-order valence-corrected chi connectivity index (χ4v) is 2.39. The van der Waals surface area contributed by atoms with Gasteiger partial charge in [0.1, 0.15) is 0 Å². The summed E-state index contributed by atoms with van der Waals surface area (Å²) >= 11 is 19.8. The van der Waals surface area contributed by atoms with Crippen LogP contribution in [0.15, 0.2) is 12.1 Å². The van der Waals surface area contributed by atoms with Gasteiger partial charge in [-0.05, 0) is 24.8 Å². The van der Waals surface area contributed by atoms with Crippen LogP contribution in [0.3, 0.4) is 0 Å². The van der Waals surface area contributed by atoms with E-state index in [-0.39, 0.29) is 6.04 Å². The molecule has 0 saturated heterocycles. The minimum atomic E-state index is 0.175. The fourth-order valence-electron chi connectivity index (χ4n) is 1.36. The summed E-state index contributed by atoms with van der Waals surface area (Å²) in [6.07, 6.45) is 2.08. The predicted molar refractivity (Wildman–Crippen MR) is 76.3 cm³/mol. The quantitative estimate of drug-likeness (QED) is 0.627. The molecule has 0 spiro atoms. The Morgan fingerprint density at radius 1 is 1.25 bits per heavy atom. The minimum absolute atomic E-state index is 0.175. The predicted octanol–water partition coefficient (Wildman–Crippen LogP) is 4.66. The van der Waals surface area contributed by atoms with Crippen molar-refractivity contribution in [2.45, 2.75) is 13.0 Å². The van der Waals surface area contributed by atoms with E-state index in [1.165, 1.54) is 0 Å². The van der Waals surface area contributed by atoms with Crippen LogP contribution in [-0.2, 0) is 0 Å². The van der Waals surface area contributed by atoms with E-state index in [1.54, 1.807) is 17.8 Å². The van der Waals surface area contributed by atoms with Crippen LogP contribution in [0.4, 0.5) is 0 Å². The monoisotopic (exact) mass is 297 g/mol. The first-order chi connectivity index (χ1) is 7.57. The Balaban J connectivity index is 2.76. The van der Waals surface area contributed by atoms with Crippen molar-refractivity contribution in [3.63, 3.8) is 0 Å². The highest BCUT2D eigenvalue weighted by molar-refractivity contribution is 7.98. The molecule has 0 aliphatic rings. The van der Waals surface area contributed by atoms with E-state index in [1.807, 2.05) is 6.07 Å². The third kappa shape index (κ3) is 3.71. The lowest BCUT2D eigenvalue weighted by molar-refractivity contribution is 0.601. The van der Waals surface area contributed by atoms with Gasteiger partial charge in [0.25, 0.3) is 0 Å². The maximum atomic E-state index is 6.14. The molecule has 0 amide bonds. The molecule has 1 unspecified atom stereocenters. The average molecular weight is 299 g/mol. The highest BCUT2D eigenvalue weighted by Gasteiger charge is 2.13. The molecule has 5 heteroatoms. The van der Waals surface area contributed by atoms with Crippen molar-refractivity contribution in [2.75, 3.05) is 18.6 Å². The molecule has 0 aliphatic heterocycles. The summed E-state index contributed by atoms with van der Waals surface area (Å²) in [5, 5.41) is 4.84. The number of thioether (sulfide) groups is 1. The molecule has 0 saturated carbocycles. The van der Waals surface area contributed by atoms with Gasteiger partial charge in [-0.15, -0.1) is 0 Å². The highest BCUT2D eigenvalue weighted by atomic mass is 35.5. The molecule has 1 N–H and O–H groups in total. The molecule has 0 aromatic heterocycles. The average Bonchev–Trinajstić information content (AvgIpc) is 2.26. The minimum Gasteiger partial charge on any atom is -0.309 e. The van der Waals surface area contributed by atoms with Gasteiger partial charge in [0, 0.05) is 18.3 Å². The maximum absolute atomic E-state index is 6.14. The molecule has 1 aromatic carbocycles. The fraction of sp³-hybridized carbons (Fsp3) is 0.455. The molecule has 16 heavy (non-hydrogen) atoms. The number of hydrogen-bond donors (Lipinski definition) is 1. The Labute approximate surface area is 116 Å². The molecule has 90 valence electrons. The van der Waals surface area contributed by atoms with E-state index in [0.717, 1.165) is 17.9 Å². The number of hydrogen-bond acceptors (Lipinski definition) is 2. The van der Waals surface area contributed by atoms with Crippen molar-refractivity contribution in [3.8, 4) is 0 Å². The van der Waals surface area contributed by atoms with Crippen molar-refractivity contribution in [1.82, 2.24) is 5.32 Å². The van der Waals surface area contributed by atoms with Crippen molar-refractivity contribution in [2.24, 2.45) is 0 Å². The van der Waals surface area contributed by atoms with E-state index >= 15 is 0 Å². The van der Waals surface area contributed by atoms with E-state index in [2.05, 4.69) is 18.5 Å². The van der Waals surface area contributed by atoms with Gasteiger partial charge in [-0.25, -0.2) is 0 Å². The lowest BCUT2D eigenvalue weighted by Gasteiger charge is -2.16. The third-order valence-corrected chi connectivity index (χ3v) is 4.21. The molecule has 0 fully saturated rings. The Hall–Kier alpha value is 0.400. The Bertz CT molecular complexity index is 357. The van der Waals surface area contributed by atoms with Crippen molar-refractivity contribution < 1.29 is 0 Å². The van der Waals surface area contributed by atoms with Gasteiger partial charge in [0.05, 0.1) is 15.1 Å². The summed E-state index contributed by atoms with van der Waals surface area (Å²) in [7, 11) is 0. The number of benzene rings is 1. The van der Waals surface area contributed by atoms with E-state index in [0.29, 0.717) is 15.1 Å². The van der Waals surface area contributed by atoms with Crippen LogP contribution in [-0.4, -0.2) is 18.6 Å². The molecule has 1 atom stereocenters. The summed E-state index contributed by atoms with van der Waals surface area (Å²) in [4.78, 5) is 0. The second-order valence-corrected chi connectivity index (χ2v) is 5.58. The second kappa shape index (κ2) is 6.97. The van der Waals surface area contributed by atoms with Gasteiger partial charge in [-0.3, -0.25) is 0 Å². The normalized spacial score (nSPS) is 12.8. The molecule has 1 nitrogen and oxygen atoms in total. The molecular formula is C11H14Cl3NS.